The summed E-state index contributed by atoms with van der Waals surface area (Å²) in [5.41, 5.74) is 5.32. The van der Waals surface area contributed by atoms with Gasteiger partial charge in [0.05, 0.1) is 0 Å². The number of hydrogen-bond acceptors (Lipinski definition) is 1. The van der Waals surface area contributed by atoms with Crippen LogP contribution < -0.4 is 0 Å². The molecule has 0 heterocycles. The lowest BCUT2D eigenvalue weighted by Gasteiger charge is -2.10. The Bertz CT molecular complexity index is 619. The van der Waals surface area contributed by atoms with E-state index < -0.39 is 5.97 Å². The van der Waals surface area contributed by atoms with E-state index in [9.17, 15) is 4.79 Å². The van der Waals surface area contributed by atoms with Crippen LogP contribution in [0.5, 0.6) is 0 Å². The zero-order valence-electron chi connectivity index (χ0n) is 10.5. The van der Waals surface area contributed by atoms with E-state index in [1.165, 1.54) is 17.2 Å². The molecular formula is C17H14O2. The van der Waals surface area contributed by atoms with Gasteiger partial charge in [-0.3, -0.25) is 0 Å². The number of benzene rings is 2. The topological polar surface area (TPSA) is 37.3 Å². The predicted molar refractivity (Wildman–Crippen MR) is 75.0 cm³/mol. The summed E-state index contributed by atoms with van der Waals surface area (Å²) in [6.07, 6.45) is 3.22. The molecule has 0 fully saturated rings. The molecule has 0 saturated heterocycles. The van der Waals surface area contributed by atoms with Gasteiger partial charge >= 0.3 is 5.97 Å². The van der Waals surface area contributed by atoms with Crippen molar-refractivity contribution < 1.29 is 9.90 Å². The average molecular weight is 250 g/mol. The molecule has 0 saturated carbocycles. The van der Waals surface area contributed by atoms with E-state index in [-0.39, 0.29) is 0 Å². The molecule has 0 amide bonds. The van der Waals surface area contributed by atoms with Gasteiger partial charge in [0.25, 0.3) is 0 Å². The molecule has 0 aromatic heterocycles. The fourth-order valence-electron chi connectivity index (χ4n) is 2.70. The minimum absolute atomic E-state index is 0.816. The molecule has 0 spiro atoms. The minimum Gasteiger partial charge on any atom is -0.478 e. The maximum Gasteiger partial charge on any atom is 0.328 e. The molecule has 0 atom stereocenters. The van der Waals surface area contributed by atoms with E-state index in [0.717, 1.165) is 29.5 Å². The third-order valence-corrected chi connectivity index (χ3v) is 3.55. The molecule has 19 heavy (non-hydrogen) atoms. The monoisotopic (exact) mass is 250 g/mol. The van der Waals surface area contributed by atoms with Crippen LogP contribution in [0.2, 0.25) is 0 Å². The first kappa shape index (κ1) is 11.7. The summed E-state index contributed by atoms with van der Waals surface area (Å²) in [5, 5.41) is 9.13. The van der Waals surface area contributed by atoms with Gasteiger partial charge < -0.3 is 5.11 Å². The van der Waals surface area contributed by atoms with Gasteiger partial charge in [0.1, 0.15) is 0 Å². The summed E-state index contributed by atoms with van der Waals surface area (Å²) >= 11 is 0. The quantitative estimate of drug-likeness (QED) is 0.788. The molecule has 1 N–H and O–H groups in total. The highest BCUT2D eigenvalue weighted by Gasteiger charge is 2.17. The Morgan fingerprint density at radius 1 is 0.895 bits per heavy atom. The highest BCUT2D eigenvalue weighted by molar-refractivity contribution is 5.96. The minimum atomic E-state index is -0.901. The Morgan fingerprint density at radius 3 is 1.84 bits per heavy atom. The van der Waals surface area contributed by atoms with Crippen molar-refractivity contribution in [1.29, 1.82) is 0 Å². The smallest absolute Gasteiger partial charge is 0.328 e. The molecule has 0 bridgehead atoms. The molecule has 94 valence electrons. The van der Waals surface area contributed by atoms with Crippen LogP contribution in [0, 0.1) is 0 Å². The molecule has 2 heteroatoms. The van der Waals surface area contributed by atoms with Crippen LogP contribution in [0.15, 0.2) is 54.6 Å². The summed E-state index contributed by atoms with van der Waals surface area (Å²) in [7, 11) is 0. The SMILES string of the molecule is O=C(O)C=C1c2ccccc2CCc2ccccc21. The zero-order chi connectivity index (χ0) is 13.2. The first-order valence-corrected chi connectivity index (χ1v) is 6.37. The van der Waals surface area contributed by atoms with Crippen LogP contribution in [0.25, 0.3) is 5.57 Å². The standard InChI is InChI=1S/C17H14O2/c18-17(19)11-16-14-7-3-1-5-12(14)9-10-13-6-2-4-8-15(13)16/h1-8,11H,9-10H2,(H,18,19). The van der Waals surface area contributed by atoms with Gasteiger partial charge in [-0.2, -0.15) is 0 Å². The number of rotatable bonds is 1. The molecule has 2 nitrogen and oxygen atoms in total. The Balaban J connectivity index is 2.28. The van der Waals surface area contributed by atoms with Crippen molar-refractivity contribution in [3.05, 3.63) is 76.9 Å². The Kier molecular flexibility index (Phi) is 2.92. The fourth-order valence-corrected chi connectivity index (χ4v) is 2.70. The predicted octanol–water partition coefficient (Wildman–Crippen LogP) is 3.30. The summed E-state index contributed by atoms with van der Waals surface area (Å²) in [6, 6.07) is 16.1. The molecular weight excluding hydrogens is 236 g/mol. The fraction of sp³-hybridized carbons (Fsp3) is 0.118. The number of fused-ring (bicyclic) bond motifs is 2. The molecule has 0 radical (unpaired) electrons. The van der Waals surface area contributed by atoms with Gasteiger partial charge in [0.15, 0.2) is 0 Å². The van der Waals surface area contributed by atoms with Crippen molar-refractivity contribution in [2.24, 2.45) is 0 Å². The first-order valence-electron chi connectivity index (χ1n) is 6.37. The van der Waals surface area contributed by atoms with Crippen LogP contribution in [-0.4, -0.2) is 11.1 Å². The van der Waals surface area contributed by atoms with Crippen molar-refractivity contribution in [3.8, 4) is 0 Å². The highest BCUT2D eigenvalue weighted by atomic mass is 16.4. The lowest BCUT2D eigenvalue weighted by molar-refractivity contribution is -0.131. The number of aliphatic carboxylic acids is 1. The second-order valence-corrected chi connectivity index (χ2v) is 4.71. The maximum absolute atomic E-state index is 11.1. The third kappa shape index (κ3) is 2.17. The highest BCUT2D eigenvalue weighted by Crippen LogP contribution is 2.33. The van der Waals surface area contributed by atoms with Crippen LogP contribution in [-0.2, 0) is 17.6 Å². The molecule has 0 aliphatic heterocycles. The summed E-state index contributed by atoms with van der Waals surface area (Å²) in [4.78, 5) is 11.1. The van der Waals surface area contributed by atoms with Gasteiger partial charge in [-0.1, -0.05) is 48.5 Å². The van der Waals surface area contributed by atoms with Gasteiger partial charge in [-0.25, -0.2) is 4.79 Å². The van der Waals surface area contributed by atoms with Gasteiger partial charge in [-0.05, 0) is 40.7 Å². The van der Waals surface area contributed by atoms with Crippen LogP contribution in [0.3, 0.4) is 0 Å². The molecule has 2 aromatic rings. The number of aryl methyl sites for hydroxylation is 2. The number of carboxylic acids is 1. The molecule has 0 unspecified atom stereocenters. The molecule has 3 rings (SSSR count). The maximum atomic E-state index is 11.1. The summed E-state index contributed by atoms with van der Waals surface area (Å²) in [6.45, 7) is 0. The molecule has 2 aromatic carbocycles. The molecule has 1 aliphatic carbocycles. The van der Waals surface area contributed by atoms with Crippen LogP contribution in [0.4, 0.5) is 0 Å². The van der Waals surface area contributed by atoms with Crippen LogP contribution >= 0.6 is 0 Å². The van der Waals surface area contributed by atoms with E-state index in [4.69, 9.17) is 5.11 Å². The third-order valence-electron chi connectivity index (χ3n) is 3.55. The summed E-state index contributed by atoms with van der Waals surface area (Å²) < 4.78 is 0. The number of carbonyl (C=O) groups is 1. The summed E-state index contributed by atoms with van der Waals surface area (Å²) in [5.74, 6) is -0.901. The number of hydrogen-bond donors (Lipinski definition) is 1. The van der Waals surface area contributed by atoms with Crippen molar-refractivity contribution in [2.45, 2.75) is 12.8 Å². The van der Waals surface area contributed by atoms with Gasteiger partial charge in [0, 0.05) is 6.08 Å². The van der Waals surface area contributed by atoms with E-state index in [0.29, 0.717) is 0 Å². The van der Waals surface area contributed by atoms with Gasteiger partial charge in [-0.15, -0.1) is 0 Å². The van der Waals surface area contributed by atoms with Crippen molar-refractivity contribution in [2.75, 3.05) is 0 Å². The average Bonchev–Trinajstić information content (AvgIpc) is 2.57. The largest absolute Gasteiger partial charge is 0.478 e. The van der Waals surface area contributed by atoms with E-state index in [1.807, 2.05) is 36.4 Å². The van der Waals surface area contributed by atoms with E-state index in [1.54, 1.807) is 0 Å². The Hall–Kier alpha value is -2.35. The van der Waals surface area contributed by atoms with Crippen LogP contribution in [0.1, 0.15) is 22.3 Å². The zero-order valence-corrected chi connectivity index (χ0v) is 10.5. The normalized spacial score (nSPS) is 13.2. The second-order valence-electron chi connectivity index (χ2n) is 4.71. The van der Waals surface area contributed by atoms with E-state index in [2.05, 4.69) is 12.1 Å². The van der Waals surface area contributed by atoms with Gasteiger partial charge in [0.2, 0.25) is 0 Å². The Morgan fingerprint density at radius 2 is 1.37 bits per heavy atom. The van der Waals surface area contributed by atoms with E-state index >= 15 is 0 Å². The van der Waals surface area contributed by atoms with Crippen molar-refractivity contribution in [3.63, 3.8) is 0 Å². The van der Waals surface area contributed by atoms with Crippen molar-refractivity contribution in [1.82, 2.24) is 0 Å². The lowest BCUT2D eigenvalue weighted by atomic mass is 9.94. The first-order chi connectivity index (χ1) is 9.25. The Labute approximate surface area is 112 Å². The van der Waals surface area contributed by atoms with Crippen molar-refractivity contribution >= 4 is 11.5 Å². The second kappa shape index (κ2) is 4.73. The lowest BCUT2D eigenvalue weighted by Crippen LogP contribution is -1.96. The molecule has 1 aliphatic rings. The number of carboxylic acid groups (broad SMARTS) is 1.